The molecular weight excluding hydrogens is 242 g/mol. The summed E-state index contributed by atoms with van der Waals surface area (Å²) >= 11 is 0. The van der Waals surface area contributed by atoms with Crippen molar-refractivity contribution < 1.29 is 0 Å². The number of allylic oxidation sites excluding steroid dienone is 1. The first-order chi connectivity index (χ1) is 9.10. The Balaban J connectivity index is 2.69. The highest BCUT2D eigenvalue weighted by Crippen LogP contribution is 2.25. The first-order valence-corrected chi connectivity index (χ1v) is 7.61. The van der Waals surface area contributed by atoms with Crippen LogP contribution in [0.15, 0.2) is 30.5 Å². The van der Waals surface area contributed by atoms with Crippen molar-refractivity contribution in [3.63, 3.8) is 0 Å². The van der Waals surface area contributed by atoms with Crippen LogP contribution in [0.3, 0.4) is 0 Å². The molecule has 0 fully saturated rings. The number of hydrogen-bond donors (Lipinski definition) is 1. The van der Waals surface area contributed by atoms with E-state index in [-0.39, 0.29) is 5.41 Å². The van der Waals surface area contributed by atoms with Crippen molar-refractivity contribution in [1.82, 2.24) is 5.32 Å². The molecule has 0 spiro atoms. The van der Waals surface area contributed by atoms with Crippen LogP contribution < -0.4 is 5.32 Å². The van der Waals surface area contributed by atoms with E-state index in [9.17, 15) is 0 Å². The van der Waals surface area contributed by atoms with Gasteiger partial charge in [-0.15, -0.1) is 0 Å². The second kappa shape index (κ2) is 6.47. The summed E-state index contributed by atoms with van der Waals surface area (Å²) in [6.45, 7) is 19.8. The minimum absolute atomic E-state index is 0.285. The first-order valence-electron chi connectivity index (χ1n) is 7.61. The molecule has 2 unspecified atom stereocenters. The van der Waals surface area contributed by atoms with Crippen LogP contribution in [0.4, 0.5) is 0 Å². The maximum absolute atomic E-state index is 4.18. The van der Waals surface area contributed by atoms with E-state index < -0.39 is 0 Å². The fraction of sp³-hybridized carbons (Fsp3) is 0.579. The van der Waals surface area contributed by atoms with Gasteiger partial charge in [0.15, 0.2) is 0 Å². The summed E-state index contributed by atoms with van der Waals surface area (Å²) in [7, 11) is 0. The van der Waals surface area contributed by atoms with Crippen molar-refractivity contribution in [1.29, 1.82) is 0 Å². The quantitative estimate of drug-likeness (QED) is 0.764. The van der Waals surface area contributed by atoms with E-state index in [1.54, 1.807) is 0 Å². The van der Waals surface area contributed by atoms with Gasteiger partial charge in [0.1, 0.15) is 0 Å². The minimum atomic E-state index is 0.285. The number of benzene rings is 1. The third kappa shape index (κ3) is 5.03. The molecule has 1 aromatic rings. The normalized spacial score (nSPS) is 14.8. The molecule has 2 atom stereocenters. The summed E-state index contributed by atoms with van der Waals surface area (Å²) in [6, 6.07) is 7.17. The average molecular weight is 273 g/mol. The fourth-order valence-corrected chi connectivity index (χ4v) is 2.47. The van der Waals surface area contributed by atoms with Crippen LogP contribution in [0, 0.1) is 19.3 Å². The van der Waals surface area contributed by atoms with Gasteiger partial charge in [-0.2, -0.15) is 0 Å². The van der Waals surface area contributed by atoms with Crippen LogP contribution in [0.2, 0.25) is 0 Å². The molecule has 20 heavy (non-hydrogen) atoms. The van der Waals surface area contributed by atoms with Crippen molar-refractivity contribution in [2.24, 2.45) is 5.41 Å². The lowest BCUT2D eigenvalue weighted by Crippen LogP contribution is -2.31. The van der Waals surface area contributed by atoms with Gasteiger partial charge in [-0.1, -0.05) is 52.5 Å². The summed E-state index contributed by atoms with van der Waals surface area (Å²) < 4.78 is 0. The molecule has 112 valence electrons. The summed E-state index contributed by atoms with van der Waals surface area (Å²) in [6.07, 6.45) is 1.01. The van der Waals surface area contributed by atoms with E-state index in [0.717, 1.165) is 12.1 Å². The highest BCUT2D eigenvalue weighted by atomic mass is 14.9. The second-order valence-electron chi connectivity index (χ2n) is 7.41. The Bertz CT molecular complexity index is 465. The molecule has 1 rings (SSSR count). The van der Waals surface area contributed by atoms with Crippen molar-refractivity contribution in [3.8, 4) is 0 Å². The topological polar surface area (TPSA) is 12.0 Å². The van der Waals surface area contributed by atoms with Gasteiger partial charge in [-0.3, -0.25) is 0 Å². The van der Waals surface area contributed by atoms with Gasteiger partial charge in [0.25, 0.3) is 0 Å². The molecule has 0 radical (unpaired) electrons. The van der Waals surface area contributed by atoms with E-state index >= 15 is 0 Å². The monoisotopic (exact) mass is 273 g/mol. The van der Waals surface area contributed by atoms with Crippen LogP contribution in [0.25, 0.3) is 0 Å². The van der Waals surface area contributed by atoms with Gasteiger partial charge < -0.3 is 5.32 Å². The predicted molar refractivity (Wildman–Crippen MR) is 90.1 cm³/mol. The lowest BCUT2D eigenvalue weighted by molar-refractivity contribution is 0.386. The zero-order valence-corrected chi connectivity index (χ0v) is 14.3. The lowest BCUT2D eigenvalue weighted by Gasteiger charge is -2.27. The molecule has 0 saturated heterocycles. The van der Waals surface area contributed by atoms with Gasteiger partial charge in [-0.25, -0.2) is 0 Å². The zero-order chi connectivity index (χ0) is 15.5. The van der Waals surface area contributed by atoms with Crippen molar-refractivity contribution >= 4 is 0 Å². The smallest absolute Gasteiger partial charge is 0.0295 e. The van der Waals surface area contributed by atoms with Crippen LogP contribution >= 0.6 is 0 Å². The molecule has 0 aliphatic rings. The van der Waals surface area contributed by atoms with E-state index in [4.69, 9.17) is 0 Å². The van der Waals surface area contributed by atoms with E-state index in [1.165, 1.54) is 16.7 Å². The molecule has 0 aliphatic carbocycles. The molecule has 1 nitrogen and oxygen atoms in total. The molecule has 0 aromatic heterocycles. The zero-order valence-electron chi connectivity index (χ0n) is 14.3. The highest BCUT2D eigenvalue weighted by Gasteiger charge is 2.18. The molecular formula is C19H31N. The van der Waals surface area contributed by atoms with E-state index in [1.807, 2.05) is 0 Å². The number of hydrogen-bond acceptors (Lipinski definition) is 1. The van der Waals surface area contributed by atoms with Gasteiger partial charge in [-0.05, 0) is 49.3 Å². The Morgan fingerprint density at radius 3 is 2.25 bits per heavy atom. The summed E-state index contributed by atoms with van der Waals surface area (Å²) in [5.41, 5.74) is 5.55. The van der Waals surface area contributed by atoms with Crippen molar-refractivity contribution in [2.75, 3.05) is 0 Å². The Labute approximate surface area is 125 Å². The van der Waals surface area contributed by atoms with E-state index in [0.29, 0.717) is 12.0 Å². The molecule has 1 heteroatoms. The lowest BCUT2D eigenvalue weighted by atomic mass is 9.89. The standard InChI is InChI=1S/C19H31N/c1-13-9-10-18(11-14(13)2)16(4)17(5)20-15(3)12-19(6,7)8/h9-11,16-17,20H,3,12H2,1-2,4-8H3. The SMILES string of the molecule is C=C(CC(C)(C)C)NC(C)C(C)c1ccc(C)c(C)c1. The minimum Gasteiger partial charge on any atom is -0.386 e. The molecule has 0 aliphatic heterocycles. The van der Waals surface area contributed by atoms with Gasteiger partial charge in [0.05, 0.1) is 0 Å². The average Bonchev–Trinajstić information content (AvgIpc) is 2.29. The summed E-state index contributed by atoms with van der Waals surface area (Å²) in [5, 5.41) is 3.57. The number of aryl methyl sites for hydroxylation is 2. The third-order valence-corrected chi connectivity index (χ3v) is 3.98. The third-order valence-electron chi connectivity index (χ3n) is 3.98. The molecule has 0 saturated carbocycles. The summed E-state index contributed by atoms with van der Waals surface area (Å²) in [5.74, 6) is 0.478. The fourth-order valence-electron chi connectivity index (χ4n) is 2.47. The van der Waals surface area contributed by atoms with Crippen LogP contribution in [-0.4, -0.2) is 6.04 Å². The van der Waals surface area contributed by atoms with Gasteiger partial charge in [0.2, 0.25) is 0 Å². The Hall–Kier alpha value is -1.24. The summed E-state index contributed by atoms with van der Waals surface area (Å²) in [4.78, 5) is 0. The Morgan fingerprint density at radius 2 is 1.75 bits per heavy atom. The first kappa shape index (κ1) is 16.8. The predicted octanol–water partition coefficient (Wildman–Crippen LogP) is 5.33. The molecule has 1 aromatic carbocycles. The maximum Gasteiger partial charge on any atom is 0.0295 e. The maximum atomic E-state index is 4.18. The molecule has 1 N–H and O–H groups in total. The van der Waals surface area contributed by atoms with Crippen LogP contribution in [-0.2, 0) is 0 Å². The van der Waals surface area contributed by atoms with E-state index in [2.05, 4.69) is 78.6 Å². The second-order valence-corrected chi connectivity index (χ2v) is 7.41. The molecule has 0 amide bonds. The van der Waals surface area contributed by atoms with Crippen molar-refractivity contribution in [2.45, 2.75) is 66.8 Å². The van der Waals surface area contributed by atoms with Gasteiger partial charge >= 0.3 is 0 Å². The number of rotatable bonds is 5. The Kier molecular flexibility index (Phi) is 5.44. The largest absolute Gasteiger partial charge is 0.386 e. The molecule has 0 heterocycles. The van der Waals surface area contributed by atoms with Gasteiger partial charge in [0, 0.05) is 17.7 Å². The number of nitrogens with one attached hydrogen (secondary N) is 1. The van der Waals surface area contributed by atoms with Crippen molar-refractivity contribution in [3.05, 3.63) is 47.2 Å². The Morgan fingerprint density at radius 1 is 1.15 bits per heavy atom. The van der Waals surface area contributed by atoms with Crippen LogP contribution in [0.1, 0.15) is 63.6 Å². The highest BCUT2D eigenvalue weighted by molar-refractivity contribution is 5.32. The van der Waals surface area contributed by atoms with Crippen LogP contribution in [0.5, 0.6) is 0 Å². The molecule has 0 bridgehead atoms.